The first-order valence-electron chi connectivity index (χ1n) is 13.7. The second-order valence-electron chi connectivity index (χ2n) is 11.6. The zero-order valence-corrected chi connectivity index (χ0v) is 21.1. The Bertz CT molecular complexity index is 757. The second kappa shape index (κ2) is 9.41. The summed E-state index contributed by atoms with van der Waals surface area (Å²) in [6.45, 7) is 3.19. The number of carbonyl (C=O) groups is 1. The Labute approximate surface area is 203 Å². The van der Waals surface area contributed by atoms with Crippen molar-refractivity contribution in [1.29, 1.82) is 0 Å². The van der Waals surface area contributed by atoms with E-state index in [4.69, 9.17) is 0 Å². The topological polar surface area (TPSA) is 59.7 Å². The molecule has 0 bridgehead atoms. The first kappa shape index (κ1) is 22.8. The molecule has 2 aliphatic carbocycles. The molecule has 9 atom stereocenters. The molecule has 7 nitrogen and oxygen atoms in total. The van der Waals surface area contributed by atoms with Crippen LogP contribution in [-0.2, 0) is 4.79 Å². The van der Waals surface area contributed by atoms with Gasteiger partial charge in [0, 0.05) is 42.8 Å². The Balaban J connectivity index is 1.01. The maximum absolute atomic E-state index is 13.2. The van der Waals surface area contributed by atoms with Crippen molar-refractivity contribution in [3.8, 4) is 0 Å². The van der Waals surface area contributed by atoms with E-state index in [1.807, 2.05) is 11.8 Å². The summed E-state index contributed by atoms with van der Waals surface area (Å²) in [5.74, 6) is 0.683. The van der Waals surface area contributed by atoms with Crippen molar-refractivity contribution in [1.82, 2.24) is 20.5 Å². The molecule has 6 rings (SSSR count). The number of amides is 1. The molecule has 3 saturated heterocycles. The van der Waals surface area contributed by atoms with Crippen molar-refractivity contribution in [3.63, 3.8) is 0 Å². The van der Waals surface area contributed by atoms with E-state index in [1.165, 1.54) is 70.8 Å². The molecule has 2 saturated carbocycles. The molecule has 0 aromatic rings. The molecule has 33 heavy (non-hydrogen) atoms. The predicted molar refractivity (Wildman–Crippen MR) is 133 cm³/mol. The Hall–Kier alpha value is -0.670. The van der Waals surface area contributed by atoms with Crippen LogP contribution in [0.3, 0.4) is 0 Å². The molecule has 0 radical (unpaired) electrons. The van der Waals surface area contributed by atoms with E-state index in [2.05, 4.69) is 38.1 Å². The Kier molecular flexibility index (Phi) is 6.50. The number of carbonyl (C=O) groups excluding carboxylic acids is 1. The van der Waals surface area contributed by atoms with Crippen molar-refractivity contribution < 1.29 is 9.39 Å². The van der Waals surface area contributed by atoms with Gasteiger partial charge in [-0.1, -0.05) is 24.3 Å². The third-order valence-corrected chi connectivity index (χ3v) is 10.5. The zero-order valence-electron chi connectivity index (χ0n) is 20.3. The van der Waals surface area contributed by atoms with Crippen LogP contribution in [0.25, 0.3) is 0 Å². The van der Waals surface area contributed by atoms with E-state index >= 15 is 0 Å². The fourth-order valence-corrected chi connectivity index (χ4v) is 8.52. The maximum atomic E-state index is 13.2. The van der Waals surface area contributed by atoms with Crippen LogP contribution in [0.5, 0.6) is 0 Å². The molecule has 1 amide bonds. The summed E-state index contributed by atoms with van der Waals surface area (Å²) in [4.78, 5) is 20.1. The van der Waals surface area contributed by atoms with Crippen LogP contribution in [0, 0.1) is 5.92 Å². The first-order chi connectivity index (χ1) is 16.1. The van der Waals surface area contributed by atoms with Crippen molar-refractivity contribution in [2.45, 2.75) is 113 Å². The summed E-state index contributed by atoms with van der Waals surface area (Å²) < 4.78 is 1.04. The van der Waals surface area contributed by atoms with Gasteiger partial charge in [-0.05, 0) is 51.4 Å². The average Bonchev–Trinajstić information content (AvgIpc) is 3.03. The summed E-state index contributed by atoms with van der Waals surface area (Å²) in [5.41, 5.74) is 2.08. The lowest BCUT2D eigenvalue weighted by Crippen LogP contribution is -2.49. The molecule has 2 N–H and O–H groups in total. The molecular formula is C25H43N6OS+. The van der Waals surface area contributed by atoms with Gasteiger partial charge in [-0.15, -0.1) is 11.8 Å². The van der Waals surface area contributed by atoms with Gasteiger partial charge in [0.15, 0.2) is 0 Å². The van der Waals surface area contributed by atoms with Crippen molar-refractivity contribution in [2.75, 3.05) is 26.7 Å². The Morgan fingerprint density at radius 1 is 0.970 bits per heavy atom. The van der Waals surface area contributed by atoms with E-state index in [-0.39, 0.29) is 5.92 Å². The van der Waals surface area contributed by atoms with Crippen molar-refractivity contribution in [3.05, 3.63) is 0 Å². The van der Waals surface area contributed by atoms with Crippen LogP contribution in [0.4, 0.5) is 0 Å². The van der Waals surface area contributed by atoms with Gasteiger partial charge < -0.3 is 4.90 Å². The van der Waals surface area contributed by atoms with E-state index in [9.17, 15) is 4.79 Å². The number of fused-ring (bicyclic) bond motifs is 2. The lowest BCUT2D eigenvalue weighted by Gasteiger charge is -2.33. The van der Waals surface area contributed by atoms with E-state index < -0.39 is 0 Å². The Morgan fingerprint density at radius 3 is 2.64 bits per heavy atom. The van der Waals surface area contributed by atoms with E-state index in [1.54, 1.807) is 0 Å². The fraction of sp³-hybridized carbons (Fsp3) is 0.920. The minimum atomic E-state index is 0.235. The third kappa shape index (κ3) is 4.51. The lowest BCUT2D eigenvalue weighted by atomic mass is 9.84. The van der Waals surface area contributed by atoms with Crippen molar-refractivity contribution in [2.24, 2.45) is 10.9 Å². The van der Waals surface area contributed by atoms with Crippen LogP contribution in [0.2, 0.25) is 0 Å². The standard InChI is InChI=1S/C25H43N6OS/c1-31-14-11-23(27-20-9-10-21-22(16-20)33-17-26-21)30(31)25(31)28-19-8-6-7-18(15-19)24(32)29-12-4-2-3-5-13-29/h17-23,25,27-28H,2-16H2,1H3/q+1. The van der Waals surface area contributed by atoms with Gasteiger partial charge in [0.25, 0.3) is 6.29 Å². The summed E-state index contributed by atoms with van der Waals surface area (Å²) in [7, 11) is 2.39. The van der Waals surface area contributed by atoms with E-state index in [0.717, 1.165) is 30.5 Å². The highest BCUT2D eigenvalue weighted by molar-refractivity contribution is 8.12. The smallest absolute Gasteiger partial charge is 0.264 e. The van der Waals surface area contributed by atoms with E-state index in [0.29, 0.717) is 41.7 Å². The molecular weight excluding hydrogens is 432 g/mol. The number of nitrogens with one attached hydrogen (secondary N) is 2. The molecule has 9 unspecified atom stereocenters. The number of hydrogen-bond donors (Lipinski definition) is 2. The number of rotatable bonds is 5. The minimum Gasteiger partial charge on any atom is -0.342 e. The molecule has 4 heterocycles. The number of quaternary nitrogens is 1. The van der Waals surface area contributed by atoms with Crippen LogP contribution in [0.15, 0.2) is 4.99 Å². The largest absolute Gasteiger partial charge is 0.342 e. The molecule has 0 aromatic heterocycles. The first-order valence-corrected chi connectivity index (χ1v) is 14.7. The van der Waals surface area contributed by atoms with Gasteiger partial charge in [0.2, 0.25) is 5.91 Å². The summed E-state index contributed by atoms with van der Waals surface area (Å²) >= 11 is 1.94. The zero-order chi connectivity index (χ0) is 22.4. The number of aliphatic imine (C=N–C) groups is 1. The quantitative estimate of drug-likeness (QED) is 0.473. The summed E-state index contributed by atoms with van der Waals surface area (Å²) in [6.07, 6.45) is 15.4. The van der Waals surface area contributed by atoms with Gasteiger partial charge in [-0.25, -0.2) is 9.91 Å². The highest BCUT2D eigenvalue weighted by Gasteiger charge is 2.70. The van der Waals surface area contributed by atoms with Crippen LogP contribution in [0.1, 0.15) is 77.0 Å². The second-order valence-corrected chi connectivity index (χ2v) is 12.7. The average molecular weight is 476 g/mol. The SMILES string of the molecule is C[N+]12CCC(NC3CCC4N=CSC4C3)N1C2NC1CCCC(C(=O)N2CCCCCC2)C1. The summed E-state index contributed by atoms with van der Waals surface area (Å²) in [5, 5.41) is 11.4. The van der Waals surface area contributed by atoms with Crippen LogP contribution in [-0.4, -0.2) is 88.5 Å². The third-order valence-electron chi connectivity index (χ3n) is 9.42. The Morgan fingerprint density at radius 2 is 1.79 bits per heavy atom. The fourth-order valence-electron chi connectivity index (χ4n) is 7.41. The monoisotopic (exact) mass is 475 g/mol. The summed E-state index contributed by atoms with van der Waals surface area (Å²) in [6, 6.07) is 1.68. The molecule has 6 aliphatic rings. The van der Waals surface area contributed by atoms with Gasteiger partial charge in [0.05, 0.1) is 18.6 Å². The van der Waals surface area contributed by atoms with Gasteiger partial charge in [0.1, 0.15) is 12.7 Å². The van der Waals surface area contributed by atoms with Crippen LogP contribution < -0.4 is 10.6 Å². The lowest BCUT2D eigenvalue weighted by molar-refractivity contribution is -0.847. The minimum absolute atomic E-state index is 0.235. The number of hydrogen-bond acceptors (Lipinski definition) is 6. The highest BCUT2D eigenvalue weighted by Crippen LogP contribution is 2.44. The highest BCUT2D eigenvalue weighted by atomic mass is 32.2. The normalized spacial score (nSPS) is 47.1. The maximum Gasteiger partial charge on any atom is 0.264 e. The predicted octanol–water partition coefficient (Wildman–Crippen LogP) is 2.88. The van der Waals surface area contributed by atoms with Crippen LogP contribution >= 0.6 is 11.8 Å². The molecule has 5 fully saturated rings. The molecule has 4 aliphatic heterocycles. The van der Waals surface area contributed by atoms with Gasteiger partial charge in [-0.2, -0.15) is 0 Å². The van der Waals surface area contributed by atoms with Crippen molar-refractivity contribution >= 4 is 23.2 Å². The molecule has 184 valence electrons. The number of nitrogens with zero attached hydrogens (tertiary/aromatic N) is 4. The van der Waals surface area contributed by atoms with Gasteiger partial charge in [-0.3, -0.25) is 15.1 Å². The molecule has 0 spiro atoms. The molecule has 8 heteroatoms. The molecule has 0 aromatic carbocycles. The number of thioether (sulfide) groups is 1. The van der Waals surface area contributed by atoms with Gasteiger partial charge >= 0.3 is 0 Å². The number of likely N-dealkylation sites (tertiary alicyclic amines) is 1.